The summed E-state index contributed by atoms with van der Waals surface area (Å²) >= 11 is 0. The van der Waals surface area contributed by atoms with E-state index in [1.165, 1.54) is 0 Å². The van der Waals surface area contributed by atoms with Crippen LogP contribution in [-0.4, -0.2) is 44.4 Å². The van der Waals surface area contributed by atoms with Gasteiger partial charge in [0.1, 0.15) is 0 Å². The lowest BCUT2D eigenvalue weighted by molar-refractivity contribution is 0.0676. The summed E-state index contributed by atoms with van der Waals surface area (Å²) < 4.78 is 0. The lowest BCUT2D eigenvalue weighted by atomic mass is 9.77. The fraction of sp³-hybridized carbons (Fsp3) is 0.269. The number of hydrogen-bond donors (Lipinski definition) is 0. The average Bonchev–Trinajstić information content (AvgIpc) is 2.74. The molecule has 0 heterocycles. The third-order valence-electron chi connectivity index (χ3n) is 5.60. The van der Waals surface area contributed by atoms with Crippen LogP contribution in [0.15, 0.2) is 84.9 Å². The van der Waals surface area contributed by atoms with E-state index in [1.807, 2.05) is 93.8 Å². The molecule has 0 radical (unpaired) electrons. The second kappa shape index (κ2) is 9.06. The monoisotopic (exact) mass is 386 g/mol. The van der Waals surface area contributed by atoms with Crippen LogP contribution in [0.4, 0.5) is 5.69 Å². The summed E-state index contributed by atoms with van der Waals surface area (Å²) in [5.74, 6) is 0.153. The molecule has 0 N–H and O–H groups in total. The van der Waals surface area contributed by atoms with E-state index in [0.717, 1.165) is 22.4 Å². The van der Waals surface area contributed by atoms with Crippen LogP contribution in [0.1, 0.15) is 21.5 Å². The quantitative estimate of drug-likeness (QED) is 0.523. The molecule has 150 valence electrons. The van der Waals surface area contributed by atoms with Crippen molar-refractivity contribution >= 4 is 11.5 Å². The lowest BCUT2D eigenvalue weighted by Gasteiger charge is -2.39. The van der Waals surface area contributed by atoms with Crippen LogP contribution in [0.2, 0.25) is 0 Å². The average molecular weight is 387 g/mol. The Hall–Kier alpha value is -2.91. The summed E-state index contributed by atoms with van der Waals surface area (Å²) in [5.41, 5.74) is 3.49. The number of hydrogen-bond acceptors (Lipinski definition) is 3. The van der Waals surface area contributed by atoms with Crippen LogP contribution < -0.4 is 4.90 Å². The molecular weight excluding hydrogens is 356 g/mol. The summed E-state index contributed by atoms with van der Waals surface area (Å²) in [7, 11) is 8.04. The fourth-order valence-corrected chi connectivity index (χ4v) is 3.79. The molecule has 3 nitrogen and oxygen atoms in total. The molecule has 0 atom stereocenters. The fourth-order valence-electron chi connectivity index (χ4n) is 3.79. The van der Waals surface area contributed by atoms with Crippen molar-refractivity contribution in [3.8, 4) is 0 Å². The molecular formula is C26H30N2O. The number of carbonyl (C=O) groups is 1. The minimum absolute atomic E-state index is 0.153. The van der Waals surface area contributed by atoms with Gasteiger partial charge in [-0.05, 0) is 62.3 Å². The Morgan fingerprint density at radius 3 is 1.52 bits per heavy atom. The predicted octanol–water partition coefficient (Wildman–Crippen LogP) is 4.72. The molecule has 0 aliphatic heterocycles. The SMILES string of the molecule is CN(C)c1ccc(C(=O)C(Cc2ccccc2)(Cc2ccccc2)N(C)C)cc1. The van der Waals surface area contributed by atoms with E-state index in [9.17, 15) is 4.79 Å². The van der Waals surface area contributed by atoms with Crippen molar-refractivity contribution in [1.29, 1.82) is 0 Å². The third kappa shape index (κ3) is 4.75. The van der Waals surface area contributed by atoms with Gasteiger partial charge in [0.15, 0.2) is 5.78 Å². The predicted molar refractivity (Wildman–Crippen MR) is 122 cm³/mol. The molecule has 0 amide bonds. The number of rotatable bonds is 8. The Morgan fingerprint density at radius 1 is 0.690 bits per heavy atom. The number of likely N-dealkylation sites (N-methyl/N-ethyl adjacent to an activating group) is 1. The Morgan fingerprint density at radius 2 is 1.14 bits per heavy atom. The van der Waals surface area contributed by atoms with Crippen LogP contribution in [0.5, 0.6) is 0 Å². The van der Waals surface area contributed by atoms with Crippen LogP contribution in [-0.2, 0) is 12.8 Å². The van der Waals surface area contributed by atoms with Crippen LogP contribution in [0, 0.1) is 0 Å². The third-order valence-corrected chi connectivity index (χ3v) is 5.60. The molecule has 0 aromatic heterocycles. The van der Waals surface area contributed by atoms with Gasteiger partial charge in [0.05, 0.1) is 5.54 Å². The Kier molecular flexibility index (Phi) is 6.50. The van der Waals surface area contributed by atoms with Gasteiger partial charge < -0.3 is 4.90 Å². The molecule has 0 bridgehead atoms. The minimum Gasteiger partial charge on any atom is -0.378 e. The largest absolute Gasteiger partial charge is 0.378 e. The Labute approximate surface area is 174 Å². The molecule has 3 rings (SSSR count). The second-order valence-corrected chi connectivity index (χ2v) is 8.02. The van der Waals surface area contributed by atoms with Gasteiger partial charge in [0.25, 0.3) is 0 Å². The van der Waals surface area contributed by atoms with Crippen LogP contribution in [0.3, 0.4) is 0 Å². The first-order valence-electron chi connectivity index (χ1n) is 10.00. The highest BCUT2D eigenvalue weighted by atomic mass is 16.1. The van der Waals surface area contributed by atoms with E-state index in [2.05, 4.69) is 29.2 Å². The van der Waals surface area contributed by atoms with Crippen LogP contribution >= 0.6 is 0 Å². The number of anilines is 1. The molecule has 0 aliphatic carbocycles. The first-order valence-corrected chi connectivity index (χ1v) is 10.00. The number of Topliss-reactive ketones (excluding diaryl/α,β-unsaturated/α-hetero) is 1. The number of benzene rings is 3. The molecule has 0 unspecified atom stereocenters. The molecule has 0 saturated heterocycles. The smallest absolute Gasteiger partial charge is 0.183 e. The van der Waals surface area contributed by atoms with Gasteiger partial charge in [-0.1, -0.05) is 60.7 Å². The van der Waals surface area contributed by atoms with Gasteiger partial charge in [0, 0.05) is 25.3 Å². The highest BCUT2D eigenvalue weighted by Crippen LogP contribution is 2.29. The van der Waals surface area contributed by atoms with Crippen molar-refractivity contribution in [3.63, 3.8) is 0 Å². The summed E-state index contributed by atoms with van der Waals surface area (Å²) in [6, 6.07) is 28.5. The van der Waals surface area contributed by atoms with E-state index >= 15 is 0 Å². The lowest BCUT2D eigenvalue weighted by Crippen LogP contribution is -2.54. The molecule has 0 spiro atoms. The molecule has 3 aromatic rings. The van der Waals surface area contributed by atoms with Crippen molar-refractivity contribution in [3.05, 3.63) is 102 Å². The van der Waals surface area contributed by atoms with Gasteiger partial charge in [0.2, 0.25) is 0 Å². The zero-order valence-corrected chi connectivity index (χ0v) is 17.8. The van der Waals surface area contributed by atoms with Crippen molar-refractivity contribution in [2.75, 3.05) is 33.1 Å². The zero-order chi connectivity index (χ0) is 20.9. The van der Waals surface area contributed by atoms with E-state index in [1.54, 1.807) is 0 Å². The first kappa shape index (κ1) is 20.8. The van der Waals surface area contributed by atoms with E-state index in [0.29, 0.717) is 12.8 Å². The highest BCUT2D eigenvalue weighted by Gasteiger charge is 2.41. The number of carbonyl (C=O) groups excluding carboxylic acids is 1. The van der Waals surface area contributed by atoms with E-state index in [4.69, 9.17) is 0 Å². The highest BCUT2D eigenvalue weighted by molar-refractivity contribution is 6.04. The van der Waals surface area contributed by atoms with Crippen molar-refractivity contribution in [2.45, 2.75) is 18.4 Å². The molecule has 0 aliphatic rings. The van der Waals surface area contributed by atoms with Crippen molar-refractivity contribution in [1.82, 2.24) is 4.90 Å². The van der Waals surface area contributed by atoms with Crippen molar-refractivity contribution in [2.24, 2.45) is 0 Å². The summed E-state index contributed by atoms with van der Waals surface area (Å²) in [4.78, 5) is 18.1. The minimum atomic E-state index is -0.664. The molecule has 3 aromatic carbocycles. The van der Waals surface area contributed by atoms with Gasteiger partial charge >= 0.3 is 0 Å². The van der Waals surface area contributed by atoms with Gasteiger partial charge in [-0.2, -0.15) is 0 Å². The van der Waals surface area contributed by atoms with Gasteiger partial charge in [-0.15, -0.1) is 0 Å². The molecule has 3 heteroatoms. The first-order chi connectivity index (χ1) is 13.9. The second-order valence-electron chi connectivity index (χ2n) is 8.02. The maximum Gasteiger partial charge on any atom is 0.183 e. The summed E-state index contributed by atoms with van der Waals surface area (Å²) in [6.07, 6.45) is 1.31. The Bertz CT molecular complexity index is 874. The van der Waals surface area contributed by atoms with Gasteiger partial charge in [-0.25, -0.2) is 0 Å². The maximum atomic E-state index is 13.9. The molecule has 0 fully saturated rings. The maximum absolute atomic E-state index is 13.9. The number of ketones is 1. The van der Waals surface area contributed by atoms with E-state index < -0.39 is 5.54 Å². The van der Waals surface area contributed by atoms with Crippen molar-refractivity contribution < 1.29 is 4.79 Å². The summed E-state index contributed by atoms with van der Waals surface area (Å²) in [6.45, 7) is 0. The van der Waals surface area contributed by atoms with E-state index in [-0.39, 0.29) is 5.78 Å². The standard InChI is InChI=1S/C26H30N2O/c1-27(2)24-17-15-23(16-18-24)25(29)26(28(3)4,19-21-11-7-5-8-12-21)20-22-13-9-6-10-14-22/h5-18H,19-20H2,1-4H3. The van der Waals surface area contributed by atoms with Gasteiger partial charge in [-0.3, -0.25) is 9.69 Å². The topological polar surface area (TPSA) is 23.6 Å². The summed E-state index contributed by atoms with van der Waals surface area (Å²) in [5, 5.41) is 0. The zero-order valence-electron chi connectivity index (χ0n) is 17.8. The molecule has 0 saturated carbocycles. The van der Waals surface area contributed by atoms with Crippen LogP contribution in [0.25, 0.3) is 0 Å². The number of nitrogens with zero attached hydrogens (tertiary/aromatic N) is 2. The molecule has 29 heavy (non-hydrogen) atoms. The normalized spacial score (nSPS) is 11.5. The Balaban J connectivity index is 2.05.